The summed E-state index contributed by atoms with van der Waals surface area (Å²) in [5.41, 5.74) is 0.985. The summed E-state index contributed by atoms with van der Waals surface area (Å²) < 4.78 is 5.29. The quantitative estimate of drug-likeness (QED) is 0.577. The largest absolute Gasteiger partial charge is 0.480 e. The molecule has 1 fully saturated rings. The van der Waals surface area contributed by atoms with Gasteiger partial charge in [-0.05, 0) is 19.9 Å². The van der Waals surface area contributed by atoms with E-state index in [0.717, 1.165) is 0 Å². The van der Waals surface area contributed by atoms with Gasteiger partial charge in [0.15, 0.2) is 0 Å². The van der Waals surface area contributed by atoms with Crippen molar-refractivity contribution < 1.29 is 14.5 Å². The van der Waals surface area contributed by atoms with E-state index in [9.17, 15) is 14.9 Å². The predicted octanol–water partition coefficient (Wildman–Crippen LogP) is 1.86. The summed E-state index contributed by atoms with van der Waals surface area (Å²) in [6, 6.07) is 6.71. The molecule has 1 aliphatic rings. The molecule has 1 aromatic heterocycles. The van der Waals surface area contributed by atoms with Crippen molar-refractivity contribution in [2.45, 2.75) is 19.9 Å². The maximum atomic E-state index is 12.3. The number of aromatic nitrogens is 2. The molecule has 0 spiro atoms. The van der Waals surface area contributed by atoms with E-state index in [0.29, 0.717) is 37.8 Å². The van der Waals surface area contributed by atoms with Crippen LogP contribution < -0.4 is 19.9 Å². The van der Waals surface area contributed by atoms with E-state index in [1.54, 1.807) is 18.2 Å². The lowest BCUT2D eigenvalue weighted by Gasteiger charge is -2.35. The molecule has 0 bridgehead atoms. The monoisotopic (exact) mass is 400 g/mol. The van der Waals surface area contributed by atoms with Gasteiger partial charge in [-0.15, -0.1) is 0 Å². The van der Waals surface area contributed by atoms with Crippen molar-refractivity contribution in [3.63, 3.8) is 0 Å². The number of benzene rings is 1. The number of anilines is 2. The Hall–Kier alpha value is -3.43. The number of piperazine rings is 1. The number of nitrogens with one attached hydrogen (secondary N) is 1. The van der Waals surface area contributed by atoms with Crippen molar-refractivity contribution in [1.29, 1.82) is 0 Å². The highest BCUT2D eigenvalue weighted by Gasteiger charge is 2.25. The molecule has 0 atom stereocenters. The van der Waals surface area contributed by atoms with Crippen LogP contribution in [0.3, 0.4) is 0 Å². The number of nitro groups is 1. The Morgan fingerprint density at radius 2 is 1.86 bits per heavy atom. The Labute approximate surface area is 168 Å². The smallest absolute Gasteiger partial charge is 0.292 e. The summed E-state index contributed by atoms with van der Waals surface area (Å²) in [4.78, 5) is 35.8. The number of rotatable bonds is 6. The van der Waals surface area contributed by atoms with Gasteiger partial charge in [0.2, 0.25) is 11.8 Å². The lowest BCUT2D eigenvalue weighted by molar-refractivity contribution is -0.384. The number of carbonyl (C=O) groups is 1. The van der Waals surface area contributed by atoms with Gasteiger partial charge in [0.25, 0.3) is 11.6 Å². The van der Waals surface area contributed by atoms with Gasteiger partial charge in [0, 0.05) is 44.5 Å². The van der Waals surface area contributed by atoms with Gasteiger partial charge >= 0.3 is 0 Å². The zero-order chi connectivity index (χ0) is 21.0. The molecule has 3 rings (SSSR count). The van der Waals surface area contributed by atoms with Crippen molar-refractivity contribution in [2.24, 2.45) is 0 Å². The second kappa shape index (κ2) is 8.72. The normalized spacial score (nSPS) is 14.1. The fourth-order valence-electron chi connectivity index (χ4n) is 3.19. The summed E-state index contributed by atoms with van der Waals surface area (Å²) >= 11 is 0. The predicted molar refractivity (Wildman–Crippen MR) is 109 cm³/mol. The molecule has 2 aromatic rings. The molecular weight excluding hydrogens is 376 g/mol. The molecule has 2 heterocycles. The first-order valence-electron chi connectivity index (χ1n) is 9.36. The van der Waals surface area contributed by atoms with Gasteiger partial charge in [-0.1, -0.05) is 12.1 Å². The Kier molecular flexibility index (Phi) is 6.10. The van der Waals surface area contributed by atoms with Crippen LogP contribution in [0.25, 0.3) is 0 Å². The average Bonchev–Trinajstić information content (AvgIpc) is 2.72. The number of para-hydroxylation sites is 2. The zero-order valence-corrected chi connectivity index (χ0v) is 16.7. The van der Waals surface area contributed by atoms with Crippen molar-refractivity contribution in [1.82, 2.24) is 15.3 Å². The Morgan fingerprint density at radius 1 is 1.21 bits per heavy atom. The average molecular weight is 400 g/mol. The maximum absolute atomic E-state index is 12.3. The van der Waals surface area contributed by atoms with Crippen LogP contribution in [0.5, 0.6) is 5.88 Å². The highest BCUT2D eigenvalue weighted by atomic mass is 16.6. The molecule has 0 aliphatic carbocycles. The molecule has 10 heteroatoms. The van der Waals surface area contributed by atoms with Gasteiger partial charge in [-0.3, -0.25) is 14.9 Å². The van der Waals surface area contributed by atoms with Gasteiger partial charge in [-0.2, -0.15) is 4.98 Å². The third kappa shape index (κ3) is 4.53. The number of methoxy groups -OCH3 is 1. The van der Waals surface area contributed by atoms with Crippen LogP contribution in [0.4, 0.5) is 17.3 Å². The Bertz CT molecular complexity index is 896. The number of ether oxygens (including phenoxy) is 1. The molecule has 1 amide bonds. The number of hydrogen-bond donors (Lipinski definition) is 1. The van der Waals surface area contributed by atoms with E-state index >= 15 is 0 Å². The van der Waals surface area contributed by atoms with Crippen LogP contribution >= 0.6 is 0 Å². The Balaban J connectivity index is 1.73. The standard InChI is InChI=1S/C19H24N6O4/c1-13(2)21-17(26)14-12-20-19(22-18(14)29-3)24-10-8-23(9-11-24)15-6-4-5-7-16(15)25(27)28/h4-7,12-13H,8-11H2,1-3H3,(H,21,26). The van der Waals surface area contributed by atoms with Crippen LogP contribution in [0.15, 0.2) is 30.5 Å². The molecule has 29 heavy (non-hydrogen) atoms. The second-order valence-corrected chi connectivity index (χ2v) is 6.94. The number of nitrogens with zero attached hydrogens (tertiary/aromatic N) is 5. The van der Waals surface area contributed by atoms with Crippen molar-refractivity contribution in [2.75, 3.05) is 43.1 Å². The van der Waals surface area contributed by atoms with Gasteiger partial charge < -0.3 is 19.9 Å². The number of nitro benzene ring substituents is 1. The lowest BCUT2D eigenvalue weighted by Crippen LogP contribution is -2.47. The molecule has 1 N–H and O–H groups in total. The first-order valence-corrected chi connectivity index (χ1v) is 9.36. The summed E-state index contributed by atoms with van der Waals surface area (Å²) in [6.07, 6.45) is 1.47. The van der Waals surface area contributed by atoms with Gasteiger partial charge in [0.05, 0.1) is 12.0 Å². The first-order chi connectivity index (χ1) is 13.9. The maximum Gasteiger partial charge on any atom is 0.292 e. The van der Waals surface area contributed by atoms with Crippen molar-refractivity contribution in [3.05, 3.63) is 46.1 Å². The minimum absolute atomic E-state index is 0.0120. The molecule has 0 radical (unpaired) electrons. The molecule has 10 nitrogen and oxygen atoms in total. The van der Waals surface area contributed by atoms with Crippen LogP contribution in [-0.2, 0) is 0 Å². The fourth-order valence-corrected chi connectivity index (χ4v) is 3.19. The second-order valence-electron chi connectivity index (χ2n) is 6.94. The molecule has 1 aromatic carbocycles. The van der Waals surface area contributed by atoms with Crippen molar-refractivity contribution >= 4 is 23.2 Å². The lowest BCUT2D eigenvalue weighted by atomic mass is 10.2. The number of carbonyl (C=O) groups excluding carboxylic acids is 1. The zero-order valence-electron chi connectivity index (χ0n) is 16.7. The van der Waals surface area contributed by atoms with E-state index in [1.165, 1.54) is 19.4 Å². The molecular formula is C19H24N6O4. The minimum atomic E-state index is -0.364. The van der Waals surface area contributed by atoms with E-state index in [-0.39, 0.29) is 34.0 Å². The third-order valence-electron chi connectivity index (χ3n) is 4.58. The summed E-state index contributed by atoms with van der Waals surface area (Å²) in [5, 5.41) is 14.1. The molecule has 1 aliphatic heterocycles. The molecule has 0 unspecified atom stereocenters. The minimum Gasteiger partial charge on any atom is -0.480 e. The van der Waals surface area contributed by atoms with Gasteiger partial charge in [-0.25, -0.2) is 4.98 Å². The molecule has 154 valence electrons. The summed E-state index contributed by atoms with van der Waals surface area (Å²) in [7, 11) is 1.46. The van der Waals surface area contributed by atoms with Gasteiger partial charge in [0.1, 0.15) is 11.3 Å². The summed E-state index contributed by atoms with van der Waals surface area (Å²) in [5.74, 6) is 0.393. The highest BCUT2D eigenvalue weighted by molar-refractivity contribution is 5.96. The SMILES string of the molecule is COc1nc(N2CCN(c3ccccc3[N+](=O)[O-])CC2)ncc1C(=O)NC(C)C. The van der Waals surface area contributed by atoms with Crippen LogP contribution in [-0.4, -0.2) is 60.1 Å². The van der Waals surface area contributed by atoms with Crippen LogP contribution in [0.2, 0.25) is 0 Å². The molecule has 1 saturated heterocycles. The van der Waals surface area contributed by atoms with Crippen molar-refractivity contribution in [3.8, 4) is 5.88 Å². The fraction of sp³-hybridized carbons (Fsp3) is 0.421. The highest BCUT2D eigenvalue weighted by Crippen LogP contribution is 2.29. The first kappa shape index (κ1) is 20.3. The Morgan fingerprint density at radius 3 is 2.48 bits per heavy atom. The molecule has 0 saturated carbocycles. The van der Waals surface area contributed by atoms with E-state index < -0.39 is 0 Å². The number of hydrogen-bond acceptors (Lipinski definition) is 8. The van der Waals surface area contributed by atoms with Crippen LogP contribution in [0, 0.1) is 10.1 Å². The van der Waals surface area contributed by atoms with Crippen LogP contribution in [0.1, 0.15) is 24.2 Å². The summed E-state index contributed by atoms with van der Waals surface area (Å²) in [6.45, 7) is 6.10. The number of amides is 1. The van der Waals surface area contributed by atoms with E-state index in [2.05, 4.69) is 15.3 Å². The van der Waals surface area contributed by atoms with E-state index in [4.69, 9.17) is 4.74 Å². The topological polar surface area (TPSA) is 114 Å². The van der Waals surface area contributed by atoms with E-state index in [1.807, 2.05) is 23.6 Å². The third-order valence-corrected chi connectivity index (χ3v) is 4.58.